The normalized spacial score (nSPS) is 13.9. The van der Waals surface area contributed by atoms with Gasteiger partial charge in [0, 0.05) is 48.0 Å². The van der Waals surface area contributed by atoms with Crippen molar-refractivity contribution in [2.24, 2.45) is 0 Å². The van der Waals surface area contributed by atoms with Crippen LogP contribution in [0.15, 0.2) is 73.1 Å². The van der Waals surface area contributed by atoms with Crippen molar-refractivity contribution in [2.45, 2.75) is 6.42 Å². The molecule has 28 heavy (non-hydrogen) atoms. The van der Waals surface area contributed by atoms with Crippen molar-refractivity contribution in [3.63, 3.8) is 0 Å². The number of hydrogen-bond acceptors (Lipinski definition) is 4. The molecule has 0 spiro atoms. The molecule has 1 amide bonds. The van der Waals surface area contributed by atoms with Crippen LogP contribution in [0.2, 0.25) is 0 Å². The number of fused-ring (bicyclic) bond motifs is 1. The van der Waals surface area contributed by atoms with Crippen LogP contribution in [0.25, 0.3) is 5.57 Å². The molecule has 1 aliphatic heterocycles. The largest absolute Gasteiger partial charge is 0.385 e. The van der Waals surface area contributed by atoms with Crippen molar-refractivity contribution in [1.29, 1.82) is 0 Å². The highest BCUT2D eigenvalue weighted by Gasteiger charge is 2.24. The molecule has 0 fully saturated rings. The van der Waals surface area contributed by atoms with E-state index in [0.29, 0.717) is 16.8 Å². The minimum absolute atomic E-state index is 0.249. The van der Waals surface area contributed by atoms with Gasteiger partial charge in [-0.3, -0.25) is 9.78 Å². The molecule has 140 valence electrons. The lowest BCUT2D eigenvalue weighted by molar-refractivity contribution is -0.110. The first kappa shape index (κ1) is 17.7. The number of hydrogen-bond donors (Lipinski definition) is 3. The highest BCUT2D eigenvalue weighted by Crippen LogP contribution is 2.32. The van der Waals surface area contributed by atoms with Crippen LogP contribution in [0.1, 0.15) is 11.3 Å². The Balaban J connectivity index is 1.36. The summed E-state index contributed by atoms with van der Waals surface area (Å²) in [6.45, 7) is 0.793. The topological polar surface area (TPSA) is 66.1 Å². The van der Waals surface area contributed by atoms with E-state index in [2.05, 4.69) is 20.9 Å². The lowest BCUT2D eigenvalue weighted by atomic mass is 10.1. The maximum Gasteiger partial charge on any atom is 0.257 e. The summed E-state index contributed by atoms with van der Waals surface area (Å²) in [4.78, 5) is 16.4. The van der Waals surface area contributed by atoms with E-state index in [9.17, 15) is 9.18 Å². The number of carbonyl (C=O) groups is 1. The molecule has 0 bridgehead atoms. The number of nitrogens with zero attached hydrogens (tertiary/aromatic N) is 1. The summed E-state index contributed by atoms with van der Waals surface area (Å²) in [5.41, 5.74) is 4.57. The first-order chi connectivity index (χ1) is 13.7. The van der Waals surface area contributed by atoms with Crippen molar-refractivity contribution in [2.75, 3.05) is 22.5 Å². The van der Waals surface area contributed by atoms with Crippen LogP contribution in [0.4, 0.5) is 21.5 Å². The van der Waals surface area contributed by atoms with Crippen molar-refractivity contribution in [3.05, 3.63) is 90.1 Å². The molecule has 0 saturated heterocycles. The Morgan fingerprint density at radius 3 is 2.64 bits per heavy atom. The van der Waals surface area contributed by atoms with Gasteiger partial charge < -0.3 is 16.0 Å². The van der Waals surface area contributed by atoms with Gasteiger partial charge in [-0.2, -0.15) is 0 Å². The molecule has 0 radical (unpaired) electrons. The number of carbonyl (C=O) groups excluding carboxylic acids is 1. The highest BCUT2D eigenvalue weighted by molar-refractivity contribution is 6.31. The van der Waals surface area contributed by atoms with Crippen LogP contribution in [0.5, 0.6) is 0 Å². The fourth-order valence-electron chi connectivity index (χ4n) is 3.03. The van der Waals surface area contributed by atoms with Gasteiger partial charge in [0.05, 0.1) is 11.3 Å². The number of nitrogens with one attached hydrogen (secondary N) is 3. The standard InChI is InChI=1S/C22H19FN4O/c23-15-4-9-19-20(22(28)27-21(19)13-15)14-26-18-7-5-17(6-8-18)25-12-10-16-3-1-2-11-24-16/h1-9,11,13-14,25-26H,10,12H2,(H,27,28)/b20-14+. The number of halogens is 1. The summed E-state index contributed by atoms with van der Waals surface area (Å²) in [5, 5.41) is 9.16. The van der Waals surface area contributed by atoms with Gasteiger partial charge in [0.2, 0.25) is 0 Å². The quantitative estimate of drug-likeness (QED) is 0.564. The van der Waals surface area contributed by atoms with E-state index in [1.54, 1.807) is 18.5 Å². The van der Waals surface area contributed by atoms with Gasteiger partial charge in [-0.25, -0.2) is 4.39 Å². The van der Waals surface area contributed by atoms with Gasteiger partial charge in [-0.1, -0.05) is 6.07 Å². The van der Waals surface area contributed by atoms with Gasteiger partial charge in [0.1, 0.15) is 5.82 Å². The molecule has 2 aromatic carbocycles. The number of amides is 1. The third kappa shape index (κ3) is 4.01. The second-order valence-electron chi connectivity index (χ2n) is 6.42. The number of rotatable bonds is 6. The van der Waals surface area contributed by atoms with Crippen molar-refractivity contribution in [1.82, 2.24) is 4.98 Å². The molecule has 6 heteroatoms. The smallest absolute Gasteiger partial charge is 0.257 e. The predicted octanol–water partition coefficient (Wildman–Crippen LogP) is 4.28. The molecule has 1 aromatic heterocycles. The van der Waals surface area contributed by atoms with Crippen LogP contribution >= 0.6 is 0 Å². The first-order valence-electron chi connectivity index (χ1n) is 9.01. The monoisotopic (exact) mass is 374 g/mol. The van der Waals surface area contributed by atoms with Crippen molar-refractivity contribution >= 4 is 28.5 Å². The summed E-state index contributed by atoms with van der Waals surface area (Å²) >= 11 is 0. The molecule has 0 aliphatic carbocycles. The molecule has 5 nitrogen and oxygen atoms in total. The average molecular weight is 374 g/mol. The van der Waals surface area contributed by atoms with Gasteiger partial charge in [-0.15, -0.1) is 0 Å². The molecule has 0 atom stereocenters. The number of anilines is 3. The molecule has 4 rings (SSSR count). The van der Waals surface area contributed by atoms with E-state index < -0.39 is 0 Å². The Labute approximate surface area is 162 Å². The second kappa shape index (κ2) is 7.92. The number of aromatic nitrogens is 1. The number of benzene rings is 2. The van der Waals surface area contributed by atoms with E-state index in [-0.39, 0.29) is 11.7 Å². The second-order valence-corrected chi connectivity index (χ2v) is 6.42. The van der Waals surface area contributed by atoms with Crippen LogP contribution in [0, 0.1) is 5.82 Å². The maximum absolute atomic E-state index is 13.3. The van der Waals surface area contributed by atoms with Gasteiger partial charge in [0.25, 0.3) is 5.91 Å². The van der Waals surface area contributed by atoms with Gasteiger partial charge >= 0.3 is 0 Å². The van der Waals surface area contributed by atoms with E-state index in [1.165, 1.54) is 12.1 Å². The Kier molecular flexibility index (Phi) is 5.01. The van der Waals surface area contributed by atoms with E-state index in [0.717, 1.165) is 30.0 Å². The van der Waals surface area contributed by atoms with Crippen molar-refractivity contribution < 1.29 is 9.18 Å². The summed E-state index contributed by atoms with van der Waals surface area (Å²) in [6.07, 6.45) is 4.29. The third-order valence-corrected chi connectivity index (χ3v) is 4.47. The number of pyridine rings is 1. The molecule has 0 saturated carbocycles. The van der Waals surface area contributed by atoms with Crippen LogP contribution in [-0.2, 0) is 11.2 Å². The Morgan fingerprint density at radius 1 is 1.04 bits per heavy atom. The SMILES string of the molecule is O=C1Nc2cc(F)ccc2/C1=C\Nc1ccc(NCCc2ccccn2)cc1. The Morgan fingerprint density at radius 2 is 1.86 bits per heavy atom. The van der Waals surface area contributed by atoms with E-state index in [1.807, 2.05) is 42.5 Å². The summed E-state index contributed by atoms with van der Waals surface area (Å²) in [5.74, 6) is -0.625. The summed E-state index contributed by atoms with van der Waals surface area (Å²) in [6, 6.07) is 18.0. The van der Waals surface area contributed by atoms with Gasteiger partial charge in [-0.05, 0) is 54.6 Å². The van der Waals surface area contributed by atoms with E-state index in [4.69, 9.17) is 0 Å². The molecule has 1 aliphatic rings. The van der Waals surface area contributed by atoms with E-state index >= 15 is 0 Å². The molecule has 2 heterocycles. The van der Waals surface area contributed by atoms with Crippen molar-refractivity contribution in [3.8, 4) is 0 Å². The molecular formula is C22H19FN4O. The lowest BCUT2D eigenvalue weighted by Crippen LogP contribution is -2.06. The first-order valence-corrected chi connectivity index (χ1v) is 9.01. The zero-order valence-electron chi connectivity index (χ0n) is 15.1. The molecule has 3 N–H and O–H groups in total. The zero-order chi connectivity index (χ0) is 19.3. The summed E-state index contributed by atoms with van der Waals surface area (Å²) in [7, 11) is 0. The molecule has 3 aromatic rings. The van der Waals surface area contributed by atoms with Gasteiger partial charge in [0.15, 0.2) is 0 Å². The van der Waals surface area contributed by atoms with Crippen LogP contribution in [0.3, 0.4) is 0 Å². The minimum atomic E-state index is -0.376. The van der Waals surface area contributed by atoms with Crippen LogP contribution in [-0.4, -0.2) is 17.4 Å². The maximum atomic E-state index is 13.3. The lowest BCUT2D eigenvalue weighted by Gasteiger charge is -2.08. The summed E-state index contributed by atoms with van der Waals surface area (Å²) < 4.78 is 13.3. The Bertz CT molecular complexity index is 1020. The Hall–Kier alpha value is -3.67. The fourth-order valence-corrected chi connectivity index (χ4v) is 3.03. The fraction of sp³-hybridized carbons (Fsp3) is 0.0909. The minimum Gasteiger partial charge on any atom is -0.385 e. The third-order valence-electron chi connectivity index (χ3n) is 4.47. The average Bonchev–Trinajstić information content (AvgIpc) is 3.02. The zero-order valence-corrected chi connectivity index (χ0v) is 15.1. The molecule has 0 unspecified atom stereocenters. The van der Waals surface area contributed by atoms with Crippen LogP contribution < -0.4 is 16.0 Å². The molecular weight excluding hydrogens is 355 g/mol. The predicted molar refractivity (Wildman–Crippen MR) is 110 cm³/mol. The highest BCUT2D eigenvalue weighted by atomic mass is 19.1.